The lowest BCUT2D eigenvalue weighted by atomic mass is 10.2. The van der Waals surface area contributed by atoms with Gasteiger partial charge in [0, 0.05) is 17.8 Å². The average molecular weight is 380 g/mol. The monoisotopic (exact) mass is 380 g/mol. The Morgan fingerprint density at radius 1 is 1.08 bits per heavy atom. The van der Waals surface area contributed by atoms with Gasteiger partial charge in [0.1, 0.15) is 5.75 Å². The van der Waals surface area contributed by atoms with Gasteiger partial charge in [0.05, 0.1) is 18.1 Å². The zero-order valence-electron chi connectivity index (χ0n) is 14.5. The van der Waals surface area contributed by atoms with Gasteiger partial charge in [0.2, 0.25) is 0 Å². The summed E-state index contributed by atoms with van der Waals surface area (Å²) >= 11 is 0. The maximum Gasteiger partial charge on any atom is 0.357 e. The number of nitro groups is 1. The highest BCUT2D eigenvalue weighted by Crippen LogP contribution is 2.60. The fourth-order valence-corrected chi connectivity index (χ4v) is 4.32. The largest absolute Gasteiger partial charge is 0.508 e. The summed E-state index contributed by atoms with van der Waals surface area (Å²) in [6, 6.07) is 11.9. The predicted octanol–water partition coefficient (Wildman–Crippen LogP) is 4.68. The van der Waals surface area contributed by atoms with E-state index in [1.807, 2.05) is 0 Å². The van der Waals surface area contributed by atoms with Crippen molar-refractivity contribution < 1.29 is 23.6 Å². The second-order valence-electron chi connectivity index (χ2n) is 5.32. The molecule has 1 unspecified atom stereocenters. The van der Waals surface area contributed by atoms with Crippen LogP contribution in [0.4, 0.5) is 11.4 Å². The van der Waals surface area contributed by atoms with Crippen molar-refractivity contribution in [3.63, 3.8) is 0 Å². The molecule has 0 aliphatic rings. The molecule has 2 N–H and O–H groups in total. The Kier molecular flexibility index (Phi) is 6.74. The van der Waals surface area contributed by atoms with Gasteiger partial charge >= 0.3 is 7.60 Å². The minimum absolute atomic E-state index is 0.0696. The standard InChI is InChI=1S/C17H21N2O6P/c1-3-24-26(23,25-4-2)17(18-14-7-11-16(20)12-8-14)13-5-9-15(10-6-13)19(21)22/h5-12,17-18,20H,3-4H2,1-2H3. The van der Waals surface area contributed by atoms with Crippen molar-refractivity contribution in [1.82, 2.24) is 0 Å². The summed E-state index contributed by atoms with van der Waals surface area (Å²) in [5.74, 6) is -0.770. The topological polar surface area (TPSA) is 111 Å². The SMILES string of the molecule is CCOP(=O)(OCC)C(Nc1ccc(O)cc1)c1ccc([N+](=O)[O-])cc1. The fraction of sp³-hybridized carbons (Fsp3) is 0.294. The maximum absolute atomic E-state index is 13.3. The van der Waals surface area contributed by atoms with E-state index in [0.717, 1.165) is 0 Å². The number of phenolic OH excluding ortho intramolecular Hbond substituents is 1. The van der Waals surface area contributed by atoms with E-state index in [2.05, 4.69) is 5.32 Å². The highest BCUT2D eigenvalue weighted by Gasteiger charge is 2.37. The minimum atomic E-state index is -3.61. The molecule has 2 aromatic rings. The molecule has 8 nitrogen and oxygen atoms in total. The third-order valence-electron chi connectivity index (χ3n) is 3.52. The van der Waals surface area contributed by atoms with Crippen LogP contribution in [0.3, 0.4) is 0 Å². The molecule has 0 radical (unpaired) electrons. The highest BCUT2D eigenvalue weighted by molar-refractivity contribution is 7.54. The van der Waals surface area contributed by atoms with Gasteiger partial charge in [-0.05, 0) is 55.8 Å². The summed E-state index contributed by atoms with van der Waals surface area (Å²) in [7, 11) is -3.61. The number of phenols is 1. The third-order valence-corrected chi connectivity index (χ3v) is 5.82. The number of benzene rings is 2. The van der Waals surface area contributed by atoms with E-state index in [1.54, 1.807) is 26.0 Å². The molecule has 0 aromatic heterocycles. The summed E-state index contributed by atoms with van der Waals surface area (Å²) in [6.07, 6.45) is 0. The number of nitro benzene ring substituents is 1. The predicted molar refractivity (Wildman–Crippen MR) is 98.4 cm³/mol. The molecule has 1 atom stereocenters. The van der Waals surface area contributed by atoms with Crippen LogP contribution in [0.2, 0.25) is 0 Å². The summed E-state index contributed by atoms with van der Waals surface area (Å²) < 4.78 is 24.2. The van der Waals surface area contributed by atoms with Gasteiger partial charge in [-0.1, -0.05) is 0 Å². The molecule has 0 heterocycles. The van der Waals surface area contributed by atoms with Crippen molar-refractivity contribution in [2.45, 2.75) is 19.6 Å². The Morgan fingerprint density at radius 3 is 2.08 bits per heavy atom. The van der Waals surface area contributed by atoms with Crippen LogP contribution in [-0.4, -0.2) is 23.2 Å². The number of nitrogens with one attached hydrogen (secondary N) is 1. The van der Waals surface area contributed by atoms with Crippen LogP contribution in [0.5, 0.6) is 5.75 Å². The first-order chi connectivity index (χ1) is 12.4. The number of anilines is 1. The molecule has 0 spiro atoms. The van der Waals surface area contributed by atoms with Crippen molar-refractivity contribution in [2.75, 3.05) is 18.5 Å². The summed E-state index contributed by atoms with van der Waals surface area (Å²) in [5, 5.41) is 23.4. The minimum Gasteiger partial charge on any atom is -0.508 e. The van der Waals surface area contributed by atoms with E-state index in [0.29, 0.717) is 11.3 Å². The number of hydrogen-bond donors (Lipinski definition) is 2. The lowest BCUT2D eigenvalue weighted by Crippen LogP contribution is -2.15. The van der Waals surface area contributed by atoms with Crippen molar-refractivity contribution in [2.24, 2.45) is 0 Å². The zero-order chi connectivity index (χ0) is 19.2. The third kappa shape index (κ3) is 4.82. The molecule has 0 aliphatic heterocycles. The molecule has 0 saturated carbocycles. The summed E-state index contributed by atoms with van der Waals surface area (Å²) in [4.78, 5) is 10.4. The van der Waals surface area contributed by atoms with Gasteiger partial charge in [-0.25, -0.2) is 0 Å². The van der Waals surface area contributed by atoms with E-state index in [9.17, 15) is 19.8 Å². The van der Waals surface area contributed by atoms with Gasteiger partial charge < -0.3 is 19.5 Å². The first-order valence-electron chi connectivity index (χ1n) is 8.08. The molecular weight excluding hydrogens is 359 g/mol. The quantitative estimate of drug-likeness (QED) is 0.281. The molecule has 9 heteroatoms. The van der Waals surface area contributed by atoms with Gasteiger partial charge in [-0.3, -0.25) is 14.7 Å². The Morgan fingerprint density at radius 2 is 1.62 bits per heavy atom. The lowest BCUT2D eigenvalue weighted by molar-refractivity contribution is -0.384. The van der Waals surface area contributed by atoms with Crippen LogP contribution in [-0.2, 0) is 13.6 Å². The van der Waals surface area contributed by atoms with Crippen LogP contribution >= 0.6 is 7.60 Å². The van der Waals surface area contributed by atoms with Crippen molar-refractivity contribution in [1.29, 1.82) is 0 Å². The first-order valence-corrected chi connectivity index (χ1v) is 9.69. The second kappa shape index (κ2) is 8.80. The second-order valence-corrected chi connectivity index (χ2v) is 7.43. The lowest BCUT2D eigenvalue weighted by Gasteiger charge is -2.28. The fourth-order valence-electron chi connectivity index (χ4n) is 2.39. The van der Waals surface area contributed by atoms with E-state index >= 15 is 0 Å². The molecule has 0 bridgehead atoms. The molecule has 0 saturated heterocycles. The Hall–Kier alpha value is -2.41. The number of nitrogens with zero attached hydrogens (tertiary/aromatic N) is 1. The summed E-state index contributed by atoms with van der Waals surface area (Å²) in [5.41, 5.74) is 1.04. The van der Waals surface area contributed by atoms with Crippen LogP contribution in [0.15, 0.2) is 48.5 Å². The van der Waals surface area contributed by atoms with E-state index in [1.165, 1.54) is 36.4 Å². The number of aromatic hydroxyl groups is 1. The molecule has 140 valence electrons. The molecule has 0 aliphatic carbocycles. The van der Waals surface area contributed by atoms with Crippen LogP contribution < -0.4 is 5.32 Å². The molecule has 0 amide bonds. The van der Waals surface area contributed by atoms with Crippen molar-refractivity contribution in [3.8, 4) is 5.75 Å². The average Bonchev–Trinajstić information content (AvgIpc) is 2.61. The number of hydrogen-bond acceptors (Lipinski definition) is 7. The van der Waals surface area contributed by atoms with Crippen LogP contribution in [0, 0.1) is 10.1 Å². The van der Waals surface area contributed by atoms with Crippen LogP contribution in [0.1, 0.15) is 25.2 Å². The smallest absolute Gasteiger partial charge is 0.357 e. The maximum atomic E-state index is 13.3. The van der Waals surface area contributed by atoms with Crippen molar-refractivity contribution >= 4 is 19.0 Å². The normalized spacial score (nSPS) is 12.5. The van der Waals surface area contributed by atoms with E-state index in [-0.39, 0.29) is 24.7 Å². The Labute approximate surface area is 151 Å². The highest BCUT2D eigenvalue weighted by atomic mass is 31.2. The Balaban J connectivity index is 2.43. The van der Waals surface area contributed by atoms with Crippen molar-refractivity contribution in [3.05, 3.63) is 64.2 Å². The first kappa shape index (κ1) is 19.9. The van der Waals surface area contributed by atoms with Crippen LogP contribution in [0.25, 0.3) is 0 Å². The molecule has 2 aromatic carbocycles. The van der Waals surface area contributed by atoms with E-state index < -0.39 is 18.3 Å². The Bertz CT molecular complexity index is 769. The molecular formula is C17H21N2O6P. The van der Waals surface area contributed by atoms with E-state index in [4.69, 9.17) is 9.05 Å². The molecule has 2 rings (SSSR count). The van der Waals surface area contributed by atoms with Gasteiger partial charge in [0.15, 0.2) is 5.78 Å². The number of non-ortho nitro benzene ring substituents is 1. The zero-order valence-corrected chi connectivity index (χ0v) is 15.4. The van der Waals surface area contributed by atoms with Gasteiger partial charge in [-0.2, -0.15) is 0 Å². The molecule has 0 fully saturated rings. The number of rotatable bonds is 9. The van der Waals surface area contributed by atoms with Gasteiger partial charge in [-0.15, -0.1) is 0 Å². The van der Waals surface area contributed by atoms with Gasteiger partial charge in [0.25, 0.3) is 5.69 Å². The molecule has 26 heavy (non-hydrogen) atoms. The summed E-state index contributed by atoms with van der Waals surface area (Å²) in [6.45, 7) is 3.77.